The molecule has 6 nitrogen and oxygen atoms in total. The van der Waals surface area contributed by atoms with Gasteiger partial charge in [-0.25, -0.2) is 0 Å². The van der Waals surface area contributed by atoms with E-state index in [1.165, 1.54) is 6.26 Å². The van der Waals surface area contributed by atoms with Gasteiger partial charge < -0.3 is 4.74 Å². The smallest absolute Gasteiger partial charge is 0.214 e. The number of nitrogens with zero attached hydrogens (tertiary/aromatic N) is 1. The van der Waals surface area contributed by atoms with Crippen LogP contribution in [-0.2, 0) is 14.3 Å². The molecular formula is C10H11NO5. The molecule has 86 valence electrons. The second kappa shape index (κ2) is 4.03. The van der Waals surface area contributed by atoms with Crippen LogP contribution in [0.2, 0.25) is 0 Å². The average Bonchev–Trinajstić information content (AvgIpc) is 2.29. The average molecular weight is 225 g/mol. The van der Waals surface area contributed by atoms with Crippen LogP contribution in [0.4, 0.5) is 0 Å². The lowest BCUT2D eigenvalue weighted by Gasteiger charge is -2.33. The van der Waals surface area contributed by atoms with Crippen LogP contribution in [0.25, 0.3) is 0 Å². The number of nitro groups is 1. The molecule has 2 rings (SSSR count). The summed E-state index contributed by atoms with van der Waals surface area (Å²) in [5.41, 5.74) is -0.0229. The van der Waals surface area contributed by atoms with E-state index in [-0.39, 0.29) is 28.8 Å². The number of aldehydes is 1. The van der Waals surface area contributed by atoms with Crippen LogP contribution in [-0.4, -0.2) is 29.1 Å². The van der Waals surface area contributed by atoms with Crippen molar-refractivity contribution >= 4 is 12.1 Å². The molecule has 0 bridgehead atoms. The van der Waals surface area contributed by atoms with Gasteiger partial charge in [-0.3, -0.25) is 19.7 Å². The van der Waals surface area contributed by atoms with Gasteiger partial charge in [0.2, 0.25) is 6.04 Å². The van der Waals surface area contributed by atoms with Crippen molar-refractivity contribution in [3.63, 3.8) is 0 Å². The van der Waals surface area contributed by atoms with Crippen molar-refractivity contribution in [3.05, 3.63) is 21.9 Å². The van der Waals surface area contributed by atoms with Gasteiger partial charge in [-0.05, 0) is 6.42 Å². The van der Waals surface area contributed by atoms with E-state index in [1.807, 2.05) is 0 Å². The predicted octanol–water partition coefficient (Wildman–Crippen LogP) is 0.482. The fraction of sp³-hybridized carbons (Fsp3) is 0.600. The first-order chi connectivity index (χ1) is 7.63. The van der Waals surface area contributed by atoms with E-state index in [0.717, 1.165) is 0 Å². The summed E-state index contributed by atoms with van der Waals surface area (Å²) in [4.78, 5) is 32.6. The molecular weight excluding hydrogens is 214 g/mol. The van der Waals surface area contributed by atoms with Crippen LogP contribution >= 0.6 is 0 Å². The van der Waals surface area contributed by atoms with E-state index in [4.69, 9.17) is 4.74 Å². The summed E-state index contributed by atoms with van der Waals surface area (Å²) >= 11 is 0. The summed E-state index contributed by atoms with van der Waals surface area (Å²) in [6.45, 7) is 0. The maximum atomic E-state index is 11.8. The van der Waals surface area contributed by atoms with Gasteiger partial charge in [0.15, 0.2) is 12.1 Å². The first-order valence-electron chi connectivity index (χ1n) is 5.12. The van der Waals surface area contributed by atoms with Crippen LogP contribution in [0.1, 0.15) is 19.3 Å². The number of Topliss-reactive ketones (excluding diaryl/α,β-unsaturated/α-hetero) is 1. The first kappa shape index (κ1) is 10.8. The molecule has 16 heavy (non-hydrogen) atoms. The zero-order valence-electron chi connectivity index (χ0n) is 8.50. The third-order valence-corrected chi connectivity index (χ3v) is 3.18. The Morgan fingerprint density at radius 1 is 1.50 bits per heavy atom. The van der Waals surface area contributed by atoms with Crippen LogP contribution in [0.3, 0.4) is 0 Å². The maximum Gasteiger partial charge on any atom is 0.214 e. The largest absolute Gasteiger partial charge is 0.496 e. The molecule has 2 aliphatic rings. The summed E-state index contributed by atoms with van der Waals surface area (Å²) in [6.07, 6.45) is 2.39. The second-order valence-electron chi connectivity index (χ2n) is 4.09. The summed E-state index contributed by atoms with van der Waals surface area (Å²) in [5, 5.41) is 10.7. The van der Waals surface area contributed by atoms with Gasteiger partial charge >= 0.3 is 0 Å². The molecule has 0 saturated heterocycles. The Labute approximate surface area is 91.4 Å². The van der Waals surface area contributed by atoms with Crippen LogP contribution in [0.5, 0.6) is 0 Å². The number of rotatable bonds is 2. The normalized spacial score (nSPS) is 33.4. The molecule has 1 heterocycles. The van der Waals surface area contributed by atoms with Gasteiger partial charge in [0, 0.05) is 17.8 Å². The molecule has 1 fully saturated rings. The highest BCUT2D eigenvalue weighted by Gasteiger charge is 2.43. The van der Waals surface area contributed by atoms with Gasteiger partial charge in [0.1, 0.15) is 6.10 Å². The van der Waals surface area contributed by atoms with Gasteiger partial charge in [-0.1, -0.05) is 0 Å². The van der Waals surface area contributed by atoms with Gasteiger partial charge in [-0.2, -0.15) is 0 Å². The van der Waals surface area contributed by atoms with E-state index in [1.54, 1.807) is 0 Å². The quantitative estimate of drug-likeness (QED) is 0.295. The fourth-order valence-electron chi connectivity index (χ4n) is 2.27. The van der Waals surface area contributed by atoms with Crippen LogP contribution in [0.15, 0.2) is 11.8 Å². The van der Waals surface area contributed by atoms with Crippen molar-refractivity contribution in [2.45, 2.75) is 31.4 Å². The molecule has 0 amide bonds. The van der Waals surface area contributed by atoms with E-state index >= 15 is 0 Å². The third-order valence-electron chi connectivity index (χ3n) is 3.18. The Morgan fingerprint density at radius 3 is 2.88 bits per heavy atom. The number of ketones is 1. The van der Waals surface area contributed by atoms with Crippen molar-refractivity contribution in [2.75, 3.05) is 0 Å². The summed E-state index contributed by atoms with van der Waals surface area (Å²) in [5.74, 6) is -0.854. The highest BCUT2D eigenvalue weighted by atomic mass is 16.6. The highest BCUT2D eigenvalue weighted by molar-refractivity contribution is 6.13. The summed E-state index contributed by atoms with van der Waals surface area (Å²) in [6, 6.07) is -0.695. The third kappa shape index (κ3) is 1.70. The molecule has 0 N–H and O–H groups in total. The lowest BCUT2D eigenvalue weighted by Crippen LogP contribution is -2.43. The standard InChI is InChI=1S/C10H11NO5/c12-4-6-5-16-9-2-1-7(11(14)15)3-8(9)10(6)13/h4-5,7-9H,1-3H2. The van der Waals surface area contributed by atoms with Crippen LogP contribution < -0.4 is 0 Å². The number of ether oxygens (including phenoxy) is 1. The molecule has 1 aliphatic heterocycles. The number of carbonyl (C=O) groups is 2. The monoisotopic (exact) mass is 225 g/mol. The van der Waals surface area contributed by atoms with Gasteiger partial charge in [0.05, 0.1) is 17.8 Å². The Morgan fingerprint density at radius 2 is 2.25 bits per heavy atom. The lowest BCUT2D eigenvalue weighted by atomic mass is 9.78. The van der Waals surface area contributed by atoms with Crippen molar-refractivity contribution in [2.24, 2.45) is 5.92 Å². The molecule has 0 aromatic rings. The molecule has 0 aromatic carbocycles. The minimum absolute atomic E-state index is 0.0229. The molecule has 1 saturated carbocycles. The predicted molar refractivity (Wildman–Crippen MR) is 52.2 cm³/mol. The Hall–Kier alpha value is -1.72. The molecule has 0 radical (unpaired) electrons. The van der Waals surface area contributed by atoms with E-state index < -0.39 is 12.0 Å². The zero-order valence-corrected chi connectivity index (χ0v) is 8.50. The zero-order chi connectivity index (χ0) is 11.7. The van der Waals surface area contributed by atoms with Gasteiger partial charge in [-0.15, -0.1) is 0 Å². The number of allylic oxidation sites excluding steroid dienone is 1. The Kier molecular flexibility index (Phi) is 2.72. The van der Waals surface area contributed by atoms with E-state index in [9.17, 15) is 19.7 Å². The summed E-state index contributed by atoms with van der Waals surface area (Å²) in [7, 11) is 0. The SMILES string of the molecule is O=CC1=COC2CCC([N+](=O)[O-])CC2C1=O. The van der Waals surface area contributed by atoms with Crippen molar-refractivity contribution < 1.29 is 19.2 Å². The van der Waals surface area contributed by atoms with Crippen molar-refractivity contribution in [3.8, 4) is 0 Å². The number of hydrogen-bond acceptors (Lipinski definition) is 5. The molecule has 1 aliphatic carbocycles. The summed E-state index contributed by atoms with van der Waals surface area (Å²) < 4.78 is 5.25. The molecule has 0 aromatic heterocycles. The van der Waals surface area contributed by atoms with Crippen molar-refractivity contribution in [1.29, 1.82) is 0 Å². The Balaban J connectivity index is 2.17. The molecule has 6 heteroatoms. The van der Waals surface area contributed by atoms with E-state index in [0.29, 0.717) is 19.1 Å². The topological polar surface area (TPSA) is 86.5 Å². The molecule has 0 spiro atoms. The number of fused-ring (bicyclic) bond motifs is 1. The molecule has 3 unspecified atom stereocenters. The van der Waals surface area contributed by atoms with Crippen molar-refractivity contribution in [1.82, 2.24) is 0 Å². The Bertz CT molecular complexity index is 375. The van der Waals surface area contributed by atoms with Gasteiger partial charge in [0.25, 0.3) is 0 Å². The lowest BCUT2D eigenvalue weighted by molar-refractivity contribution is -0.528. The second-order valence-corrected chi connectivity index (χ2v) is 4.09. The number of hydrogen-bond donors (Lipinski definition) is 0. The van der Waals surface area contributed by atoms with E-state index in [2.05, 4.69) is 0 Å². The maximum absolute atomic E-state index is 11.8. The number of carbonyl (C=O) groups excluding carboxylic acids is 2. The first-order valence-corrected chi connectivity index (χ1v) is 5.12. The molecule has 3 atom stereocenters. The fourth-order valence-corrected chi connectivity index (χ4v) is 2.27. The minimum atomic E-state index is -0.695. The highest BCUT2D eigenvalue weighted by Crippen LogP contribution is 2.33. The van der Waals surface area contributed by atoms with Crippen LogP contribution in [0, 0.1) is 16.0 Å². The minimum Gasteiger partial charge on any atom is -0.496 e.